The van der Waals surface area contributed by atoms with Gasteiger partial charge in [0.25, 0.3) is 5.24 Å². The van der Waals surface area contributed by atoms with Gasteiger partial charge in [-0.2, -0.15) is 0 Å². The Balaban J connectivity index is 1.58. The van der Waals surface area contributed by atoms with E-state index in [4.69, 9.17) is 0 Å². The van der Waals surface area contributed by atoms with Gasteiger partial charge in [-0.3, -0.25) is 14.3 Å². The van der Waals surface area contributed by atoms with Crippen molar-refractivity contribution in [1.82, 2.24) is 9.47 Å². The van der Waals surface area contributed by atoms with Crippen LogP contribution in [0.15, 0.2) is 101 Å². The molecule has 0 atom stereocenters. The van der Waals surface area contributed by atoms with Crippen LogP contribution in [0.25, 0.3) is 16.9 Å². The lowest BCUT2D eigenvalue weighted by Crippen LogP contribution is -2.28. The monoisotopic (exact) mass is 470 g/mol. The van der Waals surface area contributed by atoms with Crippen LogP contribution in [0.1, 0.15) is 11.1 Å². The zero-order valence-electron chi connectivity index (χ0n) is 18.1. The van der Waals surface area contributed by atoms with Gasteiger partial charge in [-0.25, -0.2) is 0 Å². The van der Waals surface area contributed by atoms with Gasteiger partial charge in [0.2, 0.25) is 4.80 Å². The first-order valence-corrected chi connectivity index (χ1v) is 12.5. The Labute approximate surface area is 200 Å². The Morgan fingerprint density at radius 2 is 1.58 bits per heavy atom. The molecule has 0 saturated carbocycles. The molecule has 1 aliphatic heterocycles. The molecule has 1 saturated heterocycles. The predicted molar refractivity (Wildman–Crippen MR) is 137 cm³/mol. The lowest BCUT2D eigenvalue weighted by atomic mass is 10.1. The van der Waals surface area contributed by atoms with Crippen molar-refractivity contribution in [2.75, 3.05) is 5.75 Å². The number of aromatic nitrogens is 1. The Kier molecular flexibility index (Phi) is 6.24. The number of hydrogen-bond donors (Lipinski definition) is 0. The molecule has 4 aromatic rings. The van der Waals surface area contributed by atoms with Crippen molar-refractivity contribution in [3.8, 4) is 16.9 Å². The normalized spacial score (nSPS) is 15.5. The third-order valence-electron chi connectivity index (χ3n) is 5.43. The van der Waals surface area contributed by atoms with Crippen molar-refractivity contribution < 1.29 is 4.79 Å². The summed E-state index contributed by atoms with van der Waals surface area (Å²) >= 11 is 2.81. The molecule has 0 spiro atoms. The van der Waals surface area contributed by atoms with Crippen molar-refractivity contribution in [3.05, 3.63) is 106 Å². The van der Waals surface area contributed by atoms with E-state index in [9.17, 15) is 4.79 Å². The molecule has 2 heterocycles. The molecule has 0 bridgehead atoms. The molecule has 5 nitrogen and oxygen atoms in total. The van der Waals surface area contributed by atoms with E-state index in [0.29, 0.717) is 18.1 Å². The summed E-state index contributed by atoms with van der Waals surface area (Å²) in [5.74, 6) is 1.20. The van der Waals surface area contributed by atoms with Gasteiger partial charge < -0.3 is 0 Å². The van der Waals surface area contributed by atoms with Gasteiger partial charge in [-0.15, -0.1) is 21.5 Å². The number of benzene rings is 3. The number of para-hydroxylation sites is 1. The van der Waals surface area contributed by atoms with Crippen LogP contribution in [0.4, 0.5) is 4.79 Å². The third-order valence-corrected chi connectivity index (χ3v) is 7.11. The molecule has 1 fully saturated rings. The fourth-order valence-electron chi connectivity index (χ4n) is 3.73. The van der Waals surface area contributed by atoms with Crippen LogP contribution in [0, 0.1) is 6.92 Å². The predicted octanol–water partition coefficient (Wildman–Crippen LogP) is 6.10. The first-order valence-electron chi connectivity index (χ1n) is 10.6. The second-order valence-corrected chi connectivity index (χ2v) is 9.40. The smallest absolute Gasteiger partial charge is 0.284 e. The van der Waals surface area contributed by atoms with Crippen LogP contribution in [-0.2, 0) is 6.54 Å². The van der Waals surface area contributed by atoms with Gasteiger partial charge in [-0.1, -0.05) is 90.6 Å². The molecule has 0 N–H and O–H groups in total. The average molecular weight is 471 g/mol. The number of thiazole rings is 1. The Hall–Kier alpha value is -3.42. The van der Waals surface area contributed by atoms with E-state index < -0.39 is 0 Å². The Morgan fingerprint density at radius 3 is 2.33 bits per heavy atom. The quantitative estimate of drug-likeness (QED) is 0.331. The number of amides is 1. The molecule has 33 heavy (non-hydrogen) atoms. The van der Waals surface area contributed by atoms with E-state index in [2.05, 4.69) is 51.3 Å². The topological polar surface area (TPSA) is 50.0 Å². The standard InChI is InChI=1S/C26H22N4OS2/c1-19-10-8-9-15-22(19)30-23(21-13-6-3-7-14-21)17-32-25(30)28-27-24-18-33-26(31)29(24)16-20-11-4-2-5-12-20/h2-15,17H,16,18H2,1H3/b27-24-,28-25-. The number of carbonyl (C=O) groups is 1. The fourth-order valence-corrected chi connectivity index (χ4v) is 5.37. The number of hydrogen-bond acceptors (Lipinski definition) is 5. The summed E-state index contributed by atoms with van der Waals surface area (Å²) in [6.07, 6.45) is 0. The zero-order valence-corrected chi connectivity index (χ0v) is 19.7. The average Bonchev–Trinajstić information content (AvgIpc) is 3.43. The van der Waals surface area contributed by atoms with Gasteiger partial charge in [0.15, 0.2) is 0 Å². The maximum Gasteiger partial charge on any atom is 0.287 e. The van der Waals surface area contributed by atoms with E-state index in [1.165, 1.54) is 11.8 Å². The summed E-state index contributed by atoms with van der Waals surface area (Å²) in [4.78, 5) is 15.0. The molecule has 1 aromatic heterocycles. The lowest BCUT2D eigenvalue weighted by molar-refractivity contribution is 0.244. The van der Waals surface area contributed by atoms with Crippen molar-refractivity contribution in [1.29, 1.82) is 0 Å². The molecule has 1 aliphatic rings. The summed E-state index contributed by atoms with van der Waals surface area (Å²) in [5.41, 5.74) is 5.46. The van der Waals surface area contributed by atoms with Crippen LogP contribution in [0.5, 0.6) is 0 Å². The number of nitrogens with zero attached hydrogens (tertiary/aromatic N) is 4. The van der Waals surface area contributed by atoms with Gasteiger partial charge in [-0.05, 0) is 29.7 Å². The molecule has 0 unspecified atom stereocenters. The van der Waals surface area contributed by atoms with Crippen molar-refractivity contribution in [2.24, 2.45) is 10.2 Å². The molecule has 164 valence electrons. The maximum absolute atomic E-state index is 12.5. The van der Waals surface area contributed by atoms with Crippen LogP contribution in [0.2, 0.25) is 0 Å². The molecule has 0 aliphatic carbocycles. The Bertz CT molecular complexity index is 1370. The minimum absolute atomic E-state index is 0.00994. The van der Waals surface area contributed by atoms with Crippen molar-refractivity contribution in [3.63, 3.8) is 0 Å². The maximum atomic E-state index is 12.5. The van der Waals surface area contributed by atoms with Gasteiger partial charge >= 0.3 is 0 Å². The fraction of sp³-hybridized carbons (Fsp3) is 0.115. The van der Waals surface area contributed by atoms with Gasteiger partial charge in [0, 0.05) is 5.38 Å². The number of aryl methyl sites for hydroxylation is 1. The molecular formula is C26H22N4OS2. The molecule has 1 amide bonds. The van der Waals surface area contributed by atoms with Crippen LogP contribution in [-0.4, -0.2) is 26.3 Å². The van der Waals surface area contributed by atoms with E-state index in [0.717, 1.165) is 32.9 Å². The van der Waals surface area contributed by atoms with Crippen LogP contribution in [0.3, 0.4) is 0 Å². The summed E-state index contributed by atoms with van der Waals surface area (Å²) in [5, 5.41) is 11.3. The Morgan fingerprint density at radius 1 is 0.879 bits per heavy atom. The SMILES string of the molecule is Cc1ccccc1-n1c(-c2ccccc2)cs/c1=N\N=C1\CSC(=O)N1Cc1ccccc1. The van der Waals surface area contributed by atoms with Crippen LogP contribution < -0.4 is 4.80 Å². The molecule has 3 aromatic carbocycles. The van der Waals surface area contributed by atoms with E-state index in [1.54, 1.807) is 16.2 Å². The third kappa shape index (κ3) is 4.55. The molecule has 7 heteroatoms. The van der Waals surface area contributed by atoms with Crippen LogP contribution >= 0.6 is 23.1 Å². The number of rotatable bonds is 5. The number of thioether (sulfide) groups is 1. The molecule has 5 rings (SSSR count). The summed E-state index contributed by atoms with van der Waals surface area (Å²) in [6.45, 7) is 2.59. The first kappa shape index (κ1) is 21.4. The zero-order chi connectivity index (χ0) is 22.6. The van der Waals surface area contributed by atoms with Gasteiger partial charge in [0.1, 0.15) is 5.84 Å². The second-order valence-electron chi connectivity index (χ2n) is 7.63. The summed E-state index contributed by atoms with van der Waals surface area (Å²) in [7, 11) is 0. The van der Waals surface area contributed by atoms with E-state index in [1.807, 2.05) is 60.7 Å². The van der Waals surface area contributed by atoms with E-state index >= 15 is 0 Å². The largest absolute Gasteiger partial charge is 0.287 e. The van der Waals surface area contributed by atoms with E-state index in [-0.39, 0.29) is 5.24 Å². The minimum Gasteiger partial charge on any atom is -0.284 e. The number of amidine groups is 1. The molecular weight excluding hydrogens is 448 g/mol. The lowest BCUT2D eigenvalue weighted by Gasteiger charge is -2.15. The van der Waals surface area contributed by atoms with Gasteiger partial charge in [0.05, 0.1) is 23.7 Å². The summed E-state index contributed by atoms with van der Waals surface area (Å²) in [6, 6.07) is 28.5. The highest BCUT2D eigenvalue weighted by atomic mass is 32.2. The minimum atomic E-state index is 0.00994. The van der Waals surface area contributed by atoms with Crippen molar-refractivity contribution >= 4 is 34.2 Å². The highest BCUT2D eigenvalue weighted by Gasteiger charge is 2.28. The second kappa shape index (κ2) is 9.60. The van der Waals surface area contributed by atoms with Crippen molar-refractivity contribution in [2.45, 2.75) is 13.5 Å². The molecule has 0 radical (unpaired) electrons. The summed E-state index contributed by atoms with van der Waals surface area (Å²) < 4.78 is 2.14. The highest BCUT2D eigenvalue weighted by molar-refractivity contribution is 8.14. The highest BCUT2D eigenvalue weighted by Crippen LogP contribution is 2.25. The number of carbonyl (C=O) groups excluding carboxylic acids is 1. The first-order chi connectivity index (χ1) is 16.2.